The van der Waals surface area contributed by atoms with Crippen molar-refractivity contribution in [2.45, 2.75) is 31.9 Å². The van der Waals surface area contributed by atoms with Gasteiger partial charge in [0.2, 0.25) is 0 Å². The van der Waals surface area contributed by atoms with Crippen LogP contribution in [0.2, 0.25) is 0 Å². The average Bonchev–Trinajstić information content (AvgIpc) is 3.44. The second-order valence-corrected chi connectivity index (χ2v) is 7.41. The third-order valence-electron chi connectivity index (χ3n) is 5.56. The molecule has 2 saturated heterocycles. The van der Waals surface area contributed by atoms with Crippen LogP contribution in [0.1, 0.15) is 24.2 Å². The number of aromatic nitrogens is 4. The minimum Gasteiger partial charge on any atom is -0.376 e. The number of hydrogen-bond acceptors (Lipinski definition) is 5. The Bertz CT molecular complexity index is 1030. The lowest BCUT2D eigenvalue weighted by Gasteiger charge is -2.24. The maximum atomic E-state index is 5.84. The first kappa shape index (κ1) is 17.1. The van der Waals surface area contributed by atoms with Crippen molar-refractivity contribution < 1.29 is 4.74 Å². The second-order valence-electron chi connectivity index (χ2n) is 7.41. The van der Waals surface area contributed by atoms with Crippen LogP contribution in [-0.2, 0) is 4.74 Å². The zero-order chi connectivity index (χ0) is 19.1. The summed E-state index contributed by atoms with van der Waals surface area (Å²) in [5, 5.41) is 4.75. The molecule has 2 aliphatic rings. The Morgan fingerprint density at radius 1 is 1.14 bits per heavy atom. The predicted octanol–water partition coefficient (Wildman–Crippen LogP) is 3.65. The molecule has 2 fully saturated rings. The molecule has 6 nitrogen and oxygen atoms in total. The molecule has 2 aromatic heterocycles. The van der Waals surface area contributed by atoms with E-state index >= 15 is 0 Å². The van der Waals surface area contributed by atoms with Crippen molar-refractivity contribution in [2.24, 2.45) is 0 Å². The largest absolute Gasteiger partial charge is 0.376 e. The molecule has 0 amide bonds. The summed E-state index contributed by atoms with van der Waals surface area (Å²) in [6.07, 6.45) is 6.06. The minimum absolute atomic E-state index is 0.322. The van der Waals surface area contributed by atoms with Crippen LogP contribution in [0.15, 0.2) is 49.2 Å². The molecule has 0 radical (unpaired) electrons. The van der Waals surface area contributed by atoms with Gasteiger partial charge in [-0.05, 0) is 38.0 Å². The highest BCUT2D eigenvalue weighted by molar-refractivity contribution is 5.60. The molecule has 2 aliphatic heterocycles. The van der Waals surface area contributed by atoms with Crippen molar-refractivity contribution in [3.05, 3.63) is 60.6 Å². The minimum atomic E-state index is 0.322. The van der Waals surface area contributed by atoms with Crippen LogP contribution in [0.4, 0.5) is 5.82 Å². The van der Waals surface area contributed by atoms with Gasteiger partial charge in [-0.15, -0.1) is 0 Å². The average molecular weight is 373 g/mol. The van der Waals surface area contributed by atoms with E-state index in [4.69, 9.17) is 14.8 Å². The first-order chi connectivity index (χ1) is 13.7. The fourth-order valence-corrected chi connectivity index (χ4v) is 4.19. The molecule has 142 valence electrons. The first-order valence-electron chi connectivity index (χ1n) is 9.74. The number of anilines is 1. The Labute approximate surface area is 164 Å². The Morgan fingerprint density at radius 3 is 2.89 bits per heavy atom. The zero-order valence-corrected chi connectivity index (χ0v) is 16.0. The van der Waals surface area contributed by atoms with Gasteiger partial charge < -0.3 is 9.64 Å². The molecular formula is C22H23N5O. The molecule has 0 aliphatic carbocycles. The number of hydrogen-bond donors (Lipinski definition) is 0. The number of nitrogens with zero attached hydrogens (tertiary/aromatic N) is 5. The molecule has 28 heavy (non-hydrogen) atoms. The Morgan fingerprint density at radius 2 is 2.04 bits per heavy atom. The molecule has 4 heterocycles. The van der Waals surface area contributed by atoms with Gasteiger partial charge in [-0.1, -0.05) is 30.3 Å². The highest BCUT2D eigenvalue weighted by Gasteiger charge is 2.39. The lowest BCUT2D eigenvalue weighted by molar-refractivity contribution is 0.113. The van der Waals surface area contributed by atoms with Crippen LogP contribution in [-0.4, -0.2) is 45.0 Å². The van der Waals surface area contributed by atoms with Gasteiger partial charge in [0.1, 0.15) is 5.82 Å². The fourth-order valence-electron chi connectivity index (χ4n) is 4.19. The number of benzene rings is 1. The molecular weight excluding hydrogens is 350 g/mol. The summed E-state index contributed by atoms with van der Waals surface area (Å²) in [4.78, 5) is 11.7. The van der Waals surface area contributed by atoms with Crippen molar-refractivity contribution in [3.8, 4) is 17.1 Å². The van der Waals surface area contributed by atoms with E-state index in [1.165, 1.54) is 5.56 Å². The number of ether oxygens (including phenoxy) is 1. The van der Waals surface area contributed by atoms with Crippen LogP contribution in [0.5, 0.6) is 0 Å². The van der Waals surface area contributed by atoms with Gasteiger partial charge in [0, 0.05) is 31.0 Å². The number of fused-ring (bicyclic) bond motifs is 1. The highest BCUT2D eigenvalue weighted by Crippen LogP contribution is 2.33. The van der Waals surface area contributed by atoms with Crippen LogP contribution < -0.4 is 4.90 Å². The Balaban J connectivity index is 1.51. The Kier molecular flexibility index (Phi) is 4.20. The monoisotopic (exact) mass is 373 g/mol. The molecule has 0 saturated carbocycles. The normalized spacial score (nSPS) is 21.1. The molecule has 5 rings (SSSR count). The third-order valence-corrected chi connectivity index (χ3v) is 5.56. The predicted molar refractivity (Wildman–Crippen MR) is 110 cm³/mol. The van der Waals surface area contributed by atoms with Crippen molar-refractivity contribution in [2.75, 3.05) is 18.1 Å². The van der Waals surface area contributed by atoms with Gasteiger partial charge in [-0.2, -0.15) is 5.10 Å². The topological polar surface area (TPSA) is 56.1 Å². The fraction of sp³-hybridized carbons (Fsp3) is 0.318. The van der Waals surface area contributed by atoms with Gasteiger partial charge in [0.05, 0.1) is 17.8 Å². The maximum Gasteiger partial charge on any atom is 0.159 e. The molecule has 0 N–H and O–H groups in total. The van der Waals surface area contributed by atoms with Crippen molar-refractivity contribution in [3.63, 3.8) is 0 Å². The number of aryl methyl sites for hydroxylation is 1. The quantitative estimate of drug-likeness (QED) is 0.699. The van der Waals surface area contributed by atoms with Crippen molar-refractivity contribution in [1.82, 2.24) is 19.7 Å². The molecule has 0 spiro atoms. The number of rotatable bonds is 4. The highest BCUT2D eigenvalue weighted by atomic mass is 16.5. The van der Waals surface area contributed by atoms with Crippen LogP contribution in [0, 0.1) is 6.92 Å². The molecule has 0 bridgehead atoms. The standard InChI is InChI=1S/C22H23N5O/c1-3-20-23-21(26-10-8-19-18(26)9-12-28-19)14-22(24-20)27-11-7-17(25-27)16-6-4-5-15(2)13-16/h3-7,11,13-14,18-19H,1,8-10,12H2,2H3/t18-,19-/m1/s1. The summed E-state index contributed by atoms with van der Waals surface area (Å²) in [6, 6.07) is 12.8. The Hall–Kier alpha value is -2.99. The third kappa shape index (κ3) is 2.99. The van der Waals surface area contributed by atoms with Gasteiger partial charge in [-0.3, -0.25) is 0 Å². The van der Waals surface area contributed by atoms with Crippen molar-refractivity contribution in [1.29, 1.82) is 0 Å². The van der Waals surface area contributed by atoms with Gasteiger partial charge in [-0.25, -0.2) is 14.6 Å². The van der Waals surface area contributed by atoms with Crippen molar-refractivity contribution >= 4 is 11.9 Å². The maximum absolute atomic E-state index is 5.84. The summed E-state index contributed by atoms with van der Waals surface area (Å²) in [6.45, 7) is 7.74. The smallest absolute Gasteiger partial charge is 0.159 e. The van der Waals surface area contributed by atoms with E-state index in [9.17, 15) is 0 Å². The molecule has 6 heteroatoms. The second kappa shape index (κ2) is 6.87. The molecule has 2 atom stereocenters. The van der Waals surface area contributed by atoms with E-state index in [0.29, 0.717) is 18.0 Å². The molecule has 0 unspecified atom stereocenters. The van der Waals surface area contributed by atoms with E-state index in [-0.39, 0.29) is 0 Å². The SMILES string of the molecule is C=Cc1nc(N2CC[C@H]3OCC[C@H]32)cc(-n2ccc(-c3cccc(C)c3)n2)n1. The summed E-state index contributed by atoms with van der Waals surface area (Å²) < 4.78 is 7.65. The van der Waals surface area contributed by atoms with Gasteiger partial charge >= 0.3 is 0 Å². The summed E-state index contributed by atoms with van der Waals surface area (Å²) >= 11 is 0. The lowest BCUT2D eigenvalue weighted by atomic mass is 10.1. The van der Waals surface area contributed by atoms with Crippen LogP contribution in [0.3, 0.4) is 0 Å². The zero-order valence-electron chi connectivity index (χ0n) is 16.0. The summed E-state index contributed by atoms with van der Waals surface area (Å²) in [5.41, 5.74) is 3.24. The summed E-state index contributed by atoms with van der Waals surface area (Å²) in [5.74, 6) is 2.29. The first-order valence-corrected chi connectivity index (χ1v) is 9.74. The molecule has 3 aromatic rings. The van der Waals surface area contributed by atoms with E-state index in [2.05, 4.69) is 47.7 Å². The van der Waals surface area contributed by atoms with Gasteiger partial charge in [0.25, 0.3) is 0 Å². The van der Waals surface area contributed by atoms with E-state index in [1.807, 2.05) is 23.0 Å². The lowest BCUT2D eigenvalue weighted by Crippen LogP contribution is -2.32. The van der Waals surface area contributed by atoms with E-state index in [1.54, 1.807) is 6.08 Å². The van der Waals surface area contributed by atoms with Crippen LogP contribution in [0.25, 0.3) is 23.2 Å². The van der Waals surface area contributed by atoms with E-state index < -0.39 is 0 Å². The molecule has 1 aromatic carbocycles. The van der Waals surface area contributed by atoms with Crippen LogP contribution >= 0.6 is 0 Å². The van der Waals surface area contributed by atoms with E-state index in [0.717, 1.165) is 48.9 Å². The van der Waals surface area contributed by atoms with Gasteiger partial charge in [0.15, 0.2) is 11.6 Å². The summed E-state index contributed by atoms with van der Waals surface area (Å²) in [7, 11) is 0.